The predicted molar refractivity (Wildman–Crippen MR) is 81.2 cm³/mol. The maximum Gasteiger partial charge on any atom is 0.320 e. The number of carbonyl (C=O) groups excluding carboxylic acids is 1. The van der Waals surface area contributed by atoms with Gasteiger partial charge in [0.25, 0.3) is 0 Å². The van der Waals surface area contributed by atoms with Gasteiger partial charge in [0.15, 0.2) is 0 Å². The molecule has 0 aromatic heterocycles. The Bertz CT molecular complexity index is 338. The lowest BCUT2D eigenvalue weighted by Crippen LogP contribution is -2.48. The van der Waals surface area contributed by atoms with E-state index in [4.69, 9.17) is 5.11 Å². The van der Waals surface area contributed by atoms with Gasteiger partial charge < -0.3 is 10.0 Å². The van der Waals surface area contributed by atoms with Gasteiger partial charge in [-0.3, -0.25) is 14.5 Å². The van der Waals surface area contributed by atoms with Crippen LogP contribution in [-0.4, -0.2) is 59.5 Å². The summed E-state index contributed by atoms with van der Waals surface area (Å²) in [6.45, 7) is 3.95. The highest BCUT2D eigenvalue weighted by Gasteiger charge is 2.29. The van der Waals surface area contributed by atoms with Crippen molar-refractivity contribution in [3.05, 3.63) is 0 Å². The Kier molecular flexibility index (Phi) is 8.13. The lowest BCUT2D eigenvalue weighted by Gasteiger charge is -2.37. The number of aliphatic carboxylic acids is 1. The number of nitrogens with zero attached hydrogens (tertiary/aromatic N) is 2. The van der Waals surface area contributed by atoms with Crippen molar-refractivity contribution in [3.8, 4) is 0 Å². The first-order valence-electron chi connectivity index (χ1n) is 7.03. The molecule has 0 saturated heterocycles. The van der Waals surface area contributed by atoms with Gasteiger partial charge in [-0.05, 0) is 32.7 Å². The topological polar surface area (TPSA) is 60.9 Å². The molecule has 0 bridgehead atoms. The summed E-state index contributed by atoms with van der Waals surface area (Å²) < 4.78 is 0. The predicted octanol–water partition coefficient (Wildman–Crippen LogP) is 1.85. The standard InChI is InChI=1S/C14H26N2O3.ClH/c1-10-7-5-6-8-12(10)16(4)13(17)9-15(3)11(2)14(18)19;/h10-12H,5-9H2,1-4H3,(H,18,19);1H. The number of hydrogen-bond donors (Lipinski definition) is 1. The summed E-state index contributed by atoms with van der Waals surface area (Å²) in [5, 5.41) is 8.93. The SMILES string of the molecule is CC1CCCCC1N(C)C(=O)CN(C)C(C)C(=O)O.Cl. The maximum absolute atomic E-state index is 12.2. The molecule has 0 spiro atoms. The molecule has 1 aliphatic carbocycles. The summed E-state index contributed by atoms with van der Waals surface area (Å²) in [5.41, 5.74) is 0. The van der Waals surface area contributed by atoms with Gasteiger partial charge >= 0.3 is 5.97 Å². The largest absolute Gasteiger partial charge is 0.480 e. The zero-order chi connectivity index (χ0) is 14.6. The summed E-state index contributed by atoms with van der Waals surface area (Å²) in [6.07, 6.45) is 4.65. The summed E-state index contributed by atoms with van der Waals surface area (Å²) in [4.78, 5) is 26.5. The first kappa shape index (κ1) is 19.2. The molecule has 0 heterocycles. The number of hydrogen-bond acceptors (Lipinski definition) is 3. The normalized spacial score (nSPS) is 23.9. The van der Waals surface area contributed by atoms with Crippen LogP contribution in [0.25, 0.3) is 0 Å². The first-order chi connectivity index (χ1) is 8.84. The van der Waals surface area contributed by atoms with Crippen LogP contribution >= 0.6 is 12.4 Å². The third-order valence-corrected chi connectivity index (χ3v) is 4.36. The molecular weight excluding hydrogens is 280 g/mol. The molecule has 0 radical (unpaired) electrons. The van der Waals surface area contributed by atoms with Crippen molar-refractivity contribution in [1.82, 2.24) is 9.80 Å². The Morgan fingerprint density at radius 1 is 1.25 bits per heavy atom. The summed E-state index contributed by atoms with van der Waals surface area (Å²) in [5.74, 6) is -0.358. The molecule has 1 rings (SSSR count). The first-order valence-corrected chi connectivity index (χ1v) is 7.03. The van der Waals surface area contributed by atoms with E-state index in [9.17, 15) is 9.59 Å². The molecular formula is C14H27ClN2O3. The van der Waals surface area contributed by atoms with Crippen LogP contribution in [0.2, 0.25) is 0 Å². The number of rotatable bonds is 5. The highest BCUT2D eigenvalue weighted by molar-refractivity contribution is 5.85. The Hall–Kier alpha value is -0.810. The molecule has 1 amide bonds. The van der Waals surface area contributed by atoms with Crippen LogP contribution in [0.5, 0.6) is 0 Å². The van der Waals surface area contributed by atoms with Crippen molar-refractivity contribution in [3.63, 3.8) is 0 Å². The molecule has 5 nitrogen and oxygen atoms in total. The Labute approximate surface area is 127 Å². The van der Waals surface area contributed by atoms with Crippen molar-refractivity contribution < 1.29 is 14.7 Å². The van der Waals surface area contributed by atoms with E-state index in [-0.39, 0.29) is 24.9 Å². The highest BCUT2D eigenvalue weighted by Crippen LogP contribution is 2.27. The van der Waals surface area contributed by atoms with Crippen LogP contribution in [0.1, 0.15) is 39.5 Å². The molecule has 1 fully saturated rings. The smallest absolute Gasteiger partial charge is 0.320 e. The Morgan fingerprint density at radius 2 is 1.80 bits per heavy atom. The van der Waals surface area contributed by atoms with Crippen LogP contribution < -0.4 is 0 Å². The van der Waals surface area contributed by atoms with Crippen LogP contribution in [0, 0.1) is 5.92 Å². The van der Waals surface area contributed by atoms with Crippen molar-refractivity contribution in [2.45, 2.75) is 51.6 Å². The molecule has 0 aromatic carbocycles. The monoisotopic (exact) mass is 306 g/mol. The van der Waals surface area contributed by atoms with E-state index in [0.717, 1.165) is 6.42 Å². The number of amides is 1. The van der Waals surface area contributed by atoms with Gasteiger partial charge in [0, 0.05) is 13.1 Å². The zero-order valence-electron chi connectivity index (χ0n) is 12.8. The number of carboxylic acid groups (broad SMARTS) is 1. The van der Waals surface area contributed by atoms with E-state index in [1.807, 2.05) is 11.9 Å². The van der Waals surface area contributed by atoms with Gasteiger partial charge in [-0.25, -0.2) is 0 Å². The maximum atomic E-state index is 12.2. The fourth-order valence-electron chi connectivity index (χ4n) is 2.71. The van der Waals surface area contributed by atoms with E-state index in [2.05, 4.69) is 6.92 Å². The number of likely N-dealkylation sites (N-methyl/N-ethyl adjacent to an activating group) is 2. The van der Waals surface area contributed by atoms with Crippen molar-refractivity contribution in [2.24, 2.45) is 5.92 Å². The lowest BCUT2D eigenvalue weighted by molar-refractivity contribution is -0.143. The van der Waals surface area contributed by atoms with Crippen molar-refractivity contribution in [2.75, 3.05) is 20.6 Å². The van der Waals surface area contributed by atoms with Crippen molar-refractivity contribution >= 4 is 24.3 Å². The molecule has 3 unspecified atom stereocenters. The van der Waals surface area contributed by atoms with Crippen molar-refractivity contribution in [1.29, 1.82) is 0 Å². The average Bonchev–Trinajstić information content (AvgIpc) is 2.37. The van der Waals surface area contributed by atoms with Gasteiger partial charge in [-0.1, -0.05) is 19.8 Å². The zero-order valence-corrected chi connectivity index (χ0v) is 13.7. The average molecular weight is 307 g/mol. The quantitative estimate of drug-likeness (QED) is 0.842. The fourth-order valence-corrected chi connectivity index (χ4v) is 2.71. The Balaban J connectivity index is 0.00000361. The summed E-state index contributed by atoms with van der Waals surface area (Å²) in [6, 6.07) is -0.337. The lowest BCUT2D eigenvalue weighted by atomic mass is 9.85. The second kappa shape index (κ2) is 8.47. The molecule has 0 aromatic rings. The van der Waals surface area contributed by atoms with Gasteiger partial charge in [-0.15, -0.1) is 12.4 Å². The van der Waals surface area contributed by atoms with Crippen LogP contribution in [-0.2, 0) is 9.59 Å². The van der Waals surface area contributed by atoms with Gasteiger partial charge in [0.2, 0.25) is 5.91 Å². The minimum atomic E-state index is -0.899. The van der Waals surface area contributed by atoms with E-state index in [0.29, 0.717) is 12.0 Å². The van der Waals surface area contributed by atoms with Crippen LogP contribution in [0.4, 0.5) is 0 Å². The third kappa shape index (κ3) is 4.94. The Morgan fingerprint density at radius 3 is 2.30 bits per heavy atom. The number of carbonyl (C=O) groups is 2. The summed E-state index contributed by atoms with van der Waals surface area (Å²) in [7, 11) is 3.52. The molecule has 6 heteroatoms. The van der Waals surface area contributed by atoms with Gasteiger partial charge in [-0.2, -0.15) is 0 Å². The number of carboxylic acids is 1. The highest BCUT2D eigenvalue weighted by atomic mass is 35.5. The van der Waals surface area contributed by atoms with E-state index < -0.39 is 12.0 Å². The molecule has 1 saturated carbocycles. The van der Waals surface area contributed by atoms with Gasteiger partial charge in [0.1, 0.15) is 6.04 Å². The minimum Gasteiger partial charge on any atom is -0.480 e. The van der Waals surface area contributed by atoms with Gasteiger partial charge in [0.05, 0.1) is 6.54 Å². The minimum absolute atomic E-state index is 0. The molecule has 20 heavy (non-hydrogen) atoms. The second-order valence-corrected chi connectivity index (χ2v) is 5.76. The molecule has 1 aliphatic rings. The molecule has 3 atom stereocenters. The van der Waals surface area contributed by atoms with Crippen LogP contribution in [0.15, 0.2) is 0 Å². The fraction of sp³-hybridized carbons (Fsp3) is 0.857. The second-order valence-electron chi connectivity index (χ2n) is 5.76. The molecule has 1 N–H and O–H groups in total. The van der Waals surface area contributed by atoms with Crippen LogP contribution in [0.3, 0.4) is 0 Å². The van der Waals surface area contributed by atoms with E-state index in [1.165, 1.54) is 19.3 Å². The van der Waals surface area contributed by atoms with E-state index in [1.54, 1.807) is 18.9 Å². The third-order valence-electron chi connectivity index (χ3n) is 4.36. The summed E-state index contributed by atoms with van der Waals surface area (Å²) >= 11 is 0. The molecule has 0 aliphatic heterocycles. The molecule has 118 valence electrons. The number of halogens is 1. The van der Waals surface area contributed by atoms with E-state index >= 15 is 0 Å².